The Kier molecular flexibility index (Phi) is 4.86. The van der Waals surface area contributed by atoms with E-state index in [0.717, 1.165) is 42.2 Å². The van der Waals surface area contributed by atoms with Crippen LogP contribution in [0.4, 0.5) is 0 Å². The Labute approximate surface area is 156 Å². The maximum Gasteiger partial charge on any atom is 0.257 e. The van der Waals surface area contributed by atoms with E-state index in [1.54, 1.807) is 23.1 Å². The van der Waals surface area contributed by atoms with Gasteiger partial charge in [-0.15, -0.1) is 11.3 Å². The SMILES string of the molecule is COC1CCN(C(=O)c2cn(-c3ccccc3)nc2-c2cccs2)CC1. The lowest BCUT2D eigenvalue weighted by Gasteiger charge is -2.31. The molecule has 0 atom stereocenters. The van der Waals surface area contributed by atoms with Gasteiger partial charge in [0.2, 0.25) is 0 Å². The van der Waals surface area contributed by atoms with Crippen molar-refractivity contribution in [1.29, 1.82) is 0 Å². The third-order valence-electron chi connectivity index (χ3n) is 4.78. The zero-order valence-electron chi connectivity index (χ0n) is 14.7. The zero-order valence-corrected chi connectivity index (χ0v) is 15.5. The molecular formula is C20H21N3O2S. The second-order valence-corrected chi connectivity index (χ2v) is 7.32. The highest BCUT2D eigenvalue weighted by atomic mass is 32.1. The minimum Gasteiger partial charge on any atom is -0.381 e. The predicted molar refractivity (Wildman–Crippen MR) is 103 cm³/mol. The van der Waals surface area contributed by atoms with Gasteiger partial charge in [0.05, 0.1) is 22.2 Å². The van der Waals surface area contributed by atoms with E-state index in [0.29, 0.717) is 5.56 Å². The lowest BCUT2D eigenvalue weighted by molar-refractivity contribution is 0.0351. The van der Waals surface area contributed by atoms with Crippen LogP contribution in [-0.2, 0) is 4.74 Å². The first-order valence-corrected chi connectivity index (χ1v) is 9.65. The lowest BCUT2D eigenvalue weighted by Crippen LogP contribution is -2.40. The normalized spacial score (nSPS) is 15.3. The minimum atomic E-state index is 0.0464. The number of carbonyl (C=O) groups is 1. The molecule has 0 saturated carbocycles. The number of nitrogens with zero attached hydrogens (tertiary/aromatic N) is 3. The van der Waals surface area contributed by atoms with Crippen LogP contribution in [-0.4, -0.2) is 46.9 Å². The van der Waals surface area contributed by atoms with Crippen LogP contribution in [0.5, 0.6) is 0 Å². The summed E-state index contributed by atoms with van der Waals surface area (Å²) in [6.45, 7) is 1.44. The molecule has 0 aliphatic carbocycles. The van der Waals surface area contributed by atoms with Crippen LogP contribution in [0.1, 0.15) is 23.2 Å². The second-order valence-electron chi connectivity index (χ2n) is 6.38. The number of piperidine rings is 1. The second kappa shape index (κ2) is 7.43. The fourth-order valence-corrected chi connectivity index (χ4v) is 4.03. The molecular weight excluding hydrogens is 346 g/mol. The van der Waals surface area contributed by atoms with E-state index < -0.39 is 0 Å². The Morgan fingerprint density at radius 3 is 2.58 bits per heavy atom. The van der Waals surface area contributed by atoms with E-state index in [9.17, 15) is 4.79 Å². The van der Waals surface area contributed by atoms with Gasteiger partial charge in [-0.2, -0.15) is 5.10 Å². The van der Waals surface area contributed by atoms with Crippen molar-refractivity contribution in [3.05, 3.63) is 59.6 Å². The van der Waals surface area contributed by atoms with E-state index >= 15 is 0 Å². The summed E-state index contributed by atoms with van der Waals surface area (Å²) in [7, 11) is 1.74. The summed E-state index contributed by atoms with van der Waals surface area (Å²) in [4.78, 5) is 16.1. The largest absolute Gasteiger partial charge is 0.381 e. The van der Waals surface area contributed by atoms with E-state index in [2.05, 4.69) is 0 Å². The number of methoxy groups -OCH3 is 1. The zero-order chi connectivity index (χ0) is 17.9. The summed E-state index contributed by atoms with van der Waals surface area (Å²) < 4.78 is 7.21. The number of rotatable bonds is 4. The molecule has 1 aliphatic heterocycles. The van der Waals surface area contributed by atoms with Crippen LogP contribution < -0.4 is 0 Å². The molecule has 1 aromatic carbocycles. The molecule has 0 spiro atoms. The van der Waals surface area contributed by atoms with Crippen molar-refractivity contribution in [2.45, 2.75) is 18.9 Å². The predicted octanol–water partition coefficient (Wildman–Crippen LogP) is 3.85. The van der Waals surface area contributed by atoms with E-state index in [-0.39, 0.29) is 12.0 Å². The van der Waals surface area contributed by atoms with Crippen molar-refractivity contribution < 1.29 is 9.53 Å². The van der Waals surface area contributed by atoms with E-state index in [1.165, 1.54) is 0 Å². The number of carbonyl (C=O) groups excluding carboxylic acids is 1. The van der Waals surface area contributed by atoms with Gasteiger partial charge in [-0.1, -0.05) is 24.3 Å². The third-order valence-corrected chi connectivity index (χ3v) is 5.66. The standard InChI is InChI=1S/C20H21N3O2S/c1-25-16-9-11-22(12-10-16)20(24)17-14-23(15-6-3-2-4-7-15)21-19(17)18-8-5-13-26-18/h2-8,13-14,16H,9-12H2,1H3. The van der Waals surface area contributed by atoms with Crippen LogP contribution in [0.25, 0.3) is 16.3 Å². The number of ether oxygens (including phenoxy) is 1. The number of thiophene rings is 1. The van der Waals surface area contributed by atoms with Crippen molar-refractivity contribution in [3.63, 3.8) is 0 Å². The molecule has 1 saturated heterocycles. The fourth-order valence-electron chi connectivity index (χ4n) is 3.30. The lowest BCUT2D eigenvalue weighted by atomic mass is 10.1. The number of benzene rings is 1. The molecule has 3 aromatic rings. The molecule has 0 unspecified atom stereocenters. The molecule has 4 rings (SSSR count). The fraction of sp³-hybridized carbons (Fsp3) is 0.300. The summed E-state index contributed by atoms with van der Waals surface area (Å²) in [6, 6.07) is 13.9. The molecule has 3 heterocycles. The number of hydrogen-bond acceptors (Lipinski definition) is 4. The van der Waals surface area contributed by atoms with Crippen LogP contribution in [0.2, 0.25) is 0 Å². The molecule has 1 aliphatic rings. The summed E-state index contributed by atoms with van der Waals surface area (Å²) in [5.74, 6) is 0.0464. The Morgan fingerprint density at radius 2 is 1.92 bits per heavy atom. The van der Waals surface area contributed by atoms with Gasteiger partial charge in [0, 0.05) is 26.4 Å². The molecule has 1 amide bonds. The van der Waals surface area contributed by atoms with Gasteiger partial charge in [-0.05, 0) is 36.4 Å². The number of aromatic nitrogens is 2. The van der Waals surface area contributed by atoms with Crippen molar-refractivity contribution >= 4 is 17.2 Å². The third kappa shape index (κ3) is 3.30. The minimum absolute atomic E-state index is 0.0464. The molecule has 2 aromatic heterocycles. The van der Waals surface area contributed by atoms with E-state index in [4.69, 9.17) is 9.84 Å². The Hall–Kier alpha value is -2.44. The topological polar surface area (TPSA) is 47.4 Å². The highest BCUT2D eigenvalue weighted by Crippen LogP contribution is 2.29. The monoisotopic (exact) mass is 367 g/mol. The number of para-hydroxylation sites is 1. The van der Waals surface area contributed by atoms with Crippen LogP contribution in [0.15, 0.2) is 54.0 Å². The Bertz CT molecular complexity index is 866. The van der Waals surface area contributed by atoms with E-state index in [1.807, 2.05) is 58.9 Å². The van der Waals surface area contributed by atoms with Gasteiger partial charge in [0.25, 0.3) is 5.91 Å². The molecule has 26 heavy (non-hydrogen) atoms. The van der Waals surface area contributed by atoms with Gasteiger partial charge in [-0.3, -0.25) is 4.79 Å². The molecule has 1 fully saturated rings. The smallest absolute Gasteiger partial charge is 0.257 e. The Morgan fingerprint density at radius 1 is 1.15 bits per heavy atom. The molecule has 0 bridgehead atoms. The highest BCUT2D eigenvalue weighted by molar-refractivity contribution is 7.13. The summed E-state index contributed by atoms with van der Waals surface area (Å²) in [5, 5.41) is 6.73. The number of likely N-dealkylation sites (tertiary alicyclic amines) is 1. The first-order valence-electron chi connectivity index (χ1n) is 8.77. The average molecular weight is 367 g/mol. The first-order chi connectivity index (χ1) is 12.8. The summed E-state index contributed by atoms with van der Waals surface area (Å²) >= 11 is 1.60. The molecule has 134 valence electrons. The van der Waals surface area contributed by atoms with Crippen molar-refractivity contribution in [3.8, 4) is 16.3 Å². The van der Waals surface area contributed by atoms with Gasteiger partial charge in [0.15, 0.2) is 0 Å². The van der Waals surface area contributed by atoms with Gasteiger partial charge in [0.1, 0.15) is 5.69 Å². The van der Waals surface area contributed by atoms with Gasteiger partial charge < -0.3 is 9.64 Å². The van der Waals surface area contributed by atoms with Crippen LogP contribution >= 0.6 is 11.3 Å². The molecule has 6 heteroatoms. The highest BCUT2D eigenvalue weighted by Gasteiger charge is 2.27. The molecule has 0 N–H and O–H groups in total. The number of amides is 1. The van der Waals surface area contributed by atoms with Gasteiger partial charge in [-0.25, -0.2) is 4.68 Å². The summed E-state index contributed by atoms with van der Waals surface area (Å²) in [6.07, 6.45) is 3.87. The Balaban J connectivity index is 1.68. The maximum atomic E-state index is 13.2. The average Bonchev–Trinajstić information content (AvgIpc) is 3.38. The molecule has 5 nitrogen and oxygen atoms in total. The van der Waals surface area contributed by atoms with Crippen molar-refractivity contribution in [2.24, 2.45) is 0 Å². The first kappa shape index (κ1) is 17.0. The van der Waals surface area contributed by atoms with Gasteiger partial charge >= 0.3 is 0 Å². The van der Waals surface area contributed by atoms with Crippen LogP contribution in [0, 0.1) is 0 Å². The molecule has 0 radical (unpaired) electrons. The van der Waals surface area contributed by atoms with Crippen molar-refractivity contribution in [1.82, 2.24) is 14.7 Å². The van der Waals surface area contributed by atoms with Crippen LogP contribution in [0.3, 0.4) is 0 Å². The number of hydrogen-bond donors (Lipinski definition) is 0. The van der Waals surface area contributed by atoms with Crippen molar-refractivity contribution in [2.75, 3.05) is 20.2 Å². The summed E-state index contributed by atoms with van der Waals surface area (Å²) in [5.41, 5.74) is 2.36. The quantitative estimate of drug-likeness (QED) is 0.704. The maximum absolute atomic E-state index is 13.2.